The van der Waals surface area contributed by atoms with Gasteiger partial charge in [-0.05, 0) is 144 Å². The molecule has 0 aromatic heterocycles. The quantitative estimate of drug-likeness (QED) is 0.0337. The zero-order valence-corrected chi connectivity index (χ0v) is 40.0. The molecule has 1 aliphatic heterocycles. The van der Waals surface area contributed by atoms with Gasteiger partial charge < -0.3 is 45.6 Å². The van der Waals surface area contributed by atoms with E-state index in [1.54, 1.807) is 0 Å². The molecule has 1 spiro atoms. The number of methoxy groups -OCH3 is 1. The van der Waals surface area contributed by atoms with Crippen molar-refractivity contribution in [2.24, 2.45) is 40.9 Å². The summed E-state index contributed by atoms with van der Waals surface area (Å²) in [5.74, 6) is -0.308. The number of nitrogens with one attached hydrogen (secondary N) is 2. The van der Waals surface area contributed by atoms with Crippen LogP contribution in [0.1, 0.15) is 102 Å². The van der Waals surface area contributed by atoms with Crippen LogP contribution in [0, 0.1) is 40.9 Å². The molecule has 4 bridgehead atoms. The number of aliphatic hydroxyl groups excluding tert-OH is 4. The lowest BCUT2D eigenvalue weighted by atomic mass is 9.45. The number of carbonyl (C=O) groups excluding carboxylic acids is 1. The molecule has 1 aromatic carbocycles. The molecule has 6 rings (SSSR count). The highest BCUT2D eigenvalue weighted by atomic mass is 16.5. The number of ether oxygens (including phenoxy) is 2. The van der Waals surface area contributed by atoms with E-state index in [0.717, 1.165) is 61.8 Å². The Morgan fingerprint density at radius 2 is 1.89 bits per heavy atom. The Bertz CT molecular complexity index is 1900. The standard InChI is InChI=1S/C55H82N2O8/c1-38-17-18-44(30-41-12-10-13-42(29-41)31-53(57-33-38,25-28-64-5)47-15-7-6-8-16-47)39(2)11-9-14-46(36-65-37-48(61)35-60)49-21-23-55(52(49)62)51-43(22-27-58)19-20-45(50(51)40(3)34-59)32-54(55,63)24-26-56-4/h9-14,17,19-20,29,34,43-45,47-49,51-52,56-58,60-63H,2,6-8,15-16,18,21-28,30-33,35-37H2,1,3-5H3. The maximum atomic E-state index is 13.0. The van der Waals surface area contributed by atoms with E-state index in [0.29, 0.717) is 50.1 Å². The number of fused-ring (bicyclic) bond motifs is 5. The van der Waals surface area contributed by atoms with Crippen molar-refractivity contribution in [2.45, 2.75) is 127 Å². The summed E-state index contributed by atoms with van der Waals surface area (Å²) in [5, 5.41) is 63.4. The fourth-order valence-electron chi connectivity index (χ4n) is 13.0. The number of allylic oxidation sites excluding steroid dienone is 9. The van der Waals surface area contributed by atoms with Crippen LogP contribution in [0.3, 0.4) is 0 Å². The molecular weight excluding hydrogens is 817 g/mol. The summed E-state index contributed by atoms with van der Waals surface area (Å²) in [5.41, 5.74) is 5.09. The molecule has 0 saturated heterocycles. The van der Waals surface area contributed by atoms with Gasteiger partial charge >= 0.3 is 0 Å². The molecule has 0 radical (unpaired) electrons. The van der Waals surface area contributed by atoms with Crippen molar-refractivity contribution in [1.29, 1.82) is 0 Å². The monoisotopic (exact) mass is 899 g/mol. The third kappa shape index (κ3) is 11.6. The first-order valence-corrected chi connectivity index (χ1v) is 24.8. The van der Waals surface area contributed by atoms with Gasteiger partial charge in [0.1, 0.15) is 12.4 Å². The number of rotatable bonds is 19. The molecule has 10 nitrogen and oxygen atoms in total. The van der Waals surface area contributed by atoms with Gasteiger partial charge in [0.05, 0.1) is 31.5 Å². The van der Waals surface area contributed by atoms with Crippen molar-refractivity contribution in [3.8, 4) is 0 Å². The first-order chi connectivity index (χ1) is 31.4. The average Bonchev–Trinajstić information content (AvgIpc) is 3.66. The van der Waals surface area contributed by atoms with Crippen LogP contribution in [0.15, 0.2) is 95.2 Å². The highest BCUT2D eigenvalue weighted by Crippen LogP contribution is 2.67. The largest absolute Gasteiger partial charge is 0.396 e. The Morgan fingerprint density at radius 3 is 2.62 bits per heavy atom. The van der Waals surface area contributed by atoms with Crippen molar-refractivity contribution in [3.05, 3.63) is 106 Å². The molecule has 0 amide bonds. The van der Waals surface area contributed by atoms with Gasteiger partial charge in [-0.1, -0.05) is 103 Å². The minimum absolute atomic E-state index is 0.0294. The third-order valence-corrected chi connectivity index (χ3v) is 16.4. The summed E-state index contributed by atoms with van der Waals surface area (Å²) in [6.45, 7) is 10.4. The maximum absolute atomic E-state index is 13.0. The fourth-order valence-corrected chi connectivity index (χ4v) is 13.0. The molecule has 7 N–H and O–H groups in total. The minimum atomic E-state index is -1.26. The van der Waals surface area contributed by atoms with Crippen LogP contribution in [0.2, 0.25) is 0 Å². The van der Waals surface area contributed by atoms with E-state index < -0.39 is 35.7 Å². The molecule has 65 heavy (non-hydrogen) atoms. The SMILES string of the molecule is C=C(C=CC=C(COCC(O)CO)C1CCC2(C1O)C1C(=C(C)C=O)C(C=CC1CCO)CC2(O)CCNC)C1CC=C(C)CNC(CCOC)(C2CCCCC2)Cc2cccc(c2)C1. The first kappa shape index (κ1) is 51.4. The van der Waals surface area contributed by atoms with Gasteiger partial charge in [0.25, 0.3) is 0 Å². The van der Waals surface area contributed by atoms with E-state index in [4.69, 9.17) is 9.47 Å². The highest BCUT2D eigenvalue weighted by molar-refractivity contribution is 5.74. The molecule has 1 aromatic rings. The van der Waals surface area contributed by atoms with Gasteiger partial charge in [0.15, 0.2) is 0 Å². The van der Waals surface area contributed by atoms with Gasteiger partial charge in [-0.15, -0.1) is 0 Å². The van der Waals surface area contributed by atoms with Crippen molar-refractivity contribution in [2.75, 3.05) is 60.3 Å². The van der Waals surface area contributed by atoms with Gasteiger partial charge in [-0.25, -0.2) is 0 Å². The number of aliphatic hydroxyl groups is 5. The Kier molecular flexibility index (Phi) is 18.8. The summed E-state index contributed by atoms with van der Waals surface area (Å²) in [4.78, 5) is 12.5. The van der Waals surface area contributed by atoms with Crippen LogP contribution in [0.25, 0.3) is 0 Å². The van der Waals surface area contributed by atoms with Gasteiger partial charge in [-0.2, -0.15) is 0 Å². The van der Waals surface area contributed by atoms with Crippen molar-refractivity contribution in [3.63, 3.8) is 0 Å². The lowest BCUT2D eigenvalue weighted by Gasteiger charge is -2.61. The molecular formula is C55H82N2O8. The van der Waals surface area contributed by atoms with Crippen molar-refractivity contribution >= 4 is 6.29 Å². The Balaban J connectivity index is 1.31. The van der Waals surface area contributed by atoms with Gasteiger partial charge in [0.2, 0.25) is 0 Å². The number of hydrogen-bond donors (Lipinski definition) is 7. The molecule has 3 fully saturated rings. The molecule has 10 unspecified atom stereocenters. The van der Waals surface area contributed by atoms with Crippen LogP contribution in [-0.4, -0.2) is 115 Å². The average molecular weight is 899 g/mol. The summed E-state index contributed by atoms with van der Waals surface area (Å²) in [6, 6.07) is 9.13. The molecule has 1 heterocycles. The van der Waals surface area contributed by atoms with Crippen LogP contribution < -0.4 is 10.6 Å². The van der Waals surface area contributed by atoms with Gasteiger partial charge in [-0.3, -0.25) is 4.79 Å². The minimum Gasteiger partial charge on any atom is -0.396 e. The van der Waals surface area contributed by atoms with Crippen molar-refractivity contribution in [1.82, 2.24) is 10.6 Å². The predicted octanol–water partition coefficient (Wildman–Crippen LogP) is 6.91. The summed E-state index contributed by atoms with van der Waals surface area (Å²) >= 11 is 0. The molecule has 360 valence electrons. The fraction of sp³-hybridized carbons (Fsp3) is 0.655. The molecule has 10 heteroatoms. The predicted molar refractivity (Wildman–Crippen MR) is 259 cm³/mol. The number of hydrogen-bond acceptors (Lipinski definition) is 10. The smallest absolute Gasteiger partial charge is 0.145 e. The second-order valence-electron chi connectivity index (χ2n) is 20.4. The zero-order valence-electron chi connectivity index (χ0n) is 40.0. The van der Waals surface area contributed by atoms with E-state index in [1.165, 1.54) is 48.8 Å². The molecule has 4 aliphatic carbocycles. The highest BCUT2D eigenvalue weighted by Gasteiger charge is 2.68. The number of aldehydes is 1. The van der Waals surface area contributed by atoms with Crippen LogP contribution >= 0.6 is 0 Å². The van der Waals surface area contributed by atoms with E-state index in [-0.39, 0.29) is 49.0 Å². The second-order valence-corrected chi connectivity index (χ2v) is 20.4. The zero-order chi connectivity index (χ0) is 46.6. The summed E-state index contributed by atoms with van der Waals surface area (Å²) in [6.07, 6.45) is 23.9. The van der Waals surface area contributed by atoms with Crippen LogP contribution in [0.5, 0.6) is 0 Å². The lowest BCUT2D eigenvalue weighted by molar-refractivity contribution is -0.194. The van der Waals surface area contributed by atoms with Crippen LogP contribution in [0.4, 0.5) is 0 Å². The van der Waals surface area contributed by atoms with E-state index in [1.807, 2.05) is 33.2 Å². The third-order valence-electron chi connectivity index (χ3n) is 16.4. The van der Waals surface area contributed by atoms with E-state index >= 15 is 0 Å². The summed E-state index contributed by atoms with van der Waals surface area (Å²) in [7, 11) is 3.68. The normalized spacial score (nSPS) is 33.7. The number of carbonyl (C=O) groups is 1. The summed E-state index contributed by atoms with van der Waals surface area (Å²) < 4.78 is 11.8. The Morgan fingerprint density at radius 1 is 1.11 bits per heavy atom. The number of benzene rings is 1. The molecule has 5 aliphatic rings. The molecule has 10 atom stereocenters. The van der Waals surface area contributed by atoms with Crippen molar-refractivity contribution < 1.29 is 39.8 Å². The van der Waals surface area contributed by atoms with E-state index in [9.17, 15) is 30.3 Å². The lowest BCUT2D eigenvalue weighted by Crippen LogP contribution is -2.65. The van der Waals surface area contributed by atoms with Gasteiger partial charge in [0, 0.05) is 49.7 Å². The Labute approximate surface area is 390 Å². The first-order valence-electron chi connectivity index (χ1n) is 24.8. The maximum Gasteiger partial charge on any atom is 0.145 e. The molecule has 3 saturated carbocycles. The van der Waals surface area contributed by atoms with Crippen LogP contribution in [-0.2, 0) is 27.1 Å². The second kappa shape index (κ2) is 23.8. The van der Waals surface area contributed by atoms with E-state index in [2.05, 4.69) is 72.7 Å². The topological polar surface area (TPSA) is 161 Å². The Hall–Kier alpha value is -3.03.